The number of rotatable bonds is 4. The lowest BCUT2D eigenvalue weighted by atomic mass is 9.75. The summed E-state index contributed by atoms with van der Waals surface area (Å²) in [5.74, 6) is 0.941. The van der Waals surface area contributed by atoms with Crippen molar-refractivity contribution in [1.29, 1.82) is 5.26 Å². The predicted molar refractivity (Wildman–Crippen MR) is 123 cm³/mol. The van der Waals surface area contributed by atoms with Crippen LogP contribution in [0.1, 0.15) is 53.0 Å². The Morgan fingerprint density at radius 1 is 1.22 bits per heavy atom. The molecule has 2 aromatic rings. The van der Waals surface area contributed by atoms with E-state index in [-0.39, 0.29) is 17.2 Å². The smallest absolute Gasteiger partial charge is 0.205 e. The molecule has 0 radical (unpaired) electrons. The zero-order chi connectivity index (χ0) is 23.0. The third-order valence-electron chi connectivity index (χ3n) is 6.14. The highest BCUT2D eigenvalue weighted by Crippen LogP contribution is 2.45. The molecule has 1 aliphatic heterocycles. The summed E-state index contributed by atoms with van der Waals surface area (Å²) in [5, 5.41) is 10.5. The van der Waals surface area contributed by atoms with E-state index in [0.29, 0.717) is 35.8 Å². The van der Waals surface area contributed by atoms with Crippen molar-refractivity contribution in [2.75, 3.05) is 0 Å². The Labute approximate surface area is 193 Å². The highest BCUT2D eigenvalue weighted by Gasteiger charge is 2.38. The van der Waals surface area contributed by atoms with Crippen LogP contribution >= 0.6 is 11.6 Å². The number of benzene rings is 2. The zero-order valence-electron chi connectivity index (χ0n) is 18.4. The number of allylic oxidation sites excluding steroid dienone is 3. The third kappa shape index (κ3) is 3.99. The number of nitriles is 1. The van der Waals surface area contributed by atoms with Crippen molar-refractivity contribution in [1.82, 2.24) is 0 Å². The molecule has 164 valence electrons. The van der Waals surface area contributed by atoms with Crippen LogP contribution in [0.25, 0.3) is 0 Å². The molecule has 2 aromatic carbocycles. The van der Waals surface area contributed by atoms with Gasteiger partial charge in [0.15, 0.2) is 5.78 Å². The number of carbonyl (C=O) groups is 1. The average molecular weight is 449 g/mol. The van der Waals surface area contributed by atoms with Gasteiger partial charge in [0.1, 0.15) is 29.8 Å². The summed E-state index contributed by atoms with van der Waals surface area (Å²) < 4.78 is 11.8. The topological polar surface area (TPSA) is 85.3 Å². The standard InChI is InChI=1S/C26H25ClN2O3/c1-14-9-17(13-31-22-8-7-18(27)11-15(22)2)16(3)19(10-14)24-20(12-28)26(29)32-23-6-4-5-21(30)25(23)24/h7-11,24H,4-6,13,29H2,1-3H3/t24-/m0/s1. The van der Waals surface area contributed by atoms with Gasteiger partial charge in [0.2, 0.25) is 5.88 Å². The lowest BCUT2D eigenvalue weighted by molar-refractivity contribution is -0.116. The van der Waals surface area contributed by atoms with Crippen LogP contribution in [-0.2, 0) is 16.1 Å². The molecule has 1 heterocycles. The third-order valence-corrected chi connectivity index (χ3v) is 6.37. The molecule has 1 aliphatic carbocycles. The molecule has 2 aliphatic rings. The Morgan fingerprint density at radius 3 is 2.72 bits per heavy atom. The number of ketones is 1. The van der Waals surface area contributed by atoms with Crippen LogP contribution < -0.4 is 10.5 Å². The van der Waals surface area contributed by atoms with Gasteiger partial charge < -0.3 is 15.2 Å². The molecule has 2 N–H and O–H groups in total. The summed E-state index contributed by atoms with van der Waals surface area (Å²) in [6.07, 6.45) is 1.83. The highest BCUT2D eigenvalue weighted by molar-refractivity contribution is 6.30. The second-order valence-electron chi connectivity index (χ2n) is 8.38. The minimum Gasteiger partial charge on any atom is -0.489 e. The lowest BCUT2D eigenvalue weighted by Crippen LogP contribution is -2.28. The summed E-state index contributed by atoms with van der Waals surface area (Å²) in [6.45, 7) is 6.30. The van der Waals surface area contributed by atoms with E-state index in [1.165, 1.54) is 0 Å². The SMILES string of the molecule is Cc1cc(COc2ccc(Cl)cc2C)c(C)c([C@H]2C(C#N)=C(N)OC3=C2C(=O)CCC3)c1. The number of nitrogens with two attached hydrogens (primary N) is 1. The molecule has 32 heavy (non-hydrogen) atoms. The van der Waals surface area contributed by atoms with Crippen LogP contribution in [0.5, 0.6) is 5.75 Å². The van der Waals surface area contributed by atoms with E-state index in [2.05, 4.69) is 12.1 Å². The number of Topliss-reactive ketones (excluding diaryl/α,β-unsaturated/α-hetero) is 1. The lowest BCUT2D eigenvalue weighted by Gasteiger charge is -2.32. The van der Waals surface area contributed by atoms with E-state index in [1.807, 2.05) is 39.0 Å². The van der Waals surface area contributed by atoms with E-state index in [0.717, 1.165) is 40.0 Å². The van der Waals surface area contributed by atoms with Crippen LogP contribution in [0.4, 0.5) is 0 Å². The van der Waals surface area contributed by atoms with Crippen LogP contribution in [0.15, 0.2) is 53.1 Å². The Kier molecular flexibility index (Phi) is 5.99. The maximum atomic E-state index is 12.9. The maximum Gasteiger partial charge on any atom is 0.205 e. The molecular formula is C26H25ClN2O3. The first-order chi connectivity index (χ1) is 15.3. The summed E-state index contributed by atoms with van der Waals surface area (Å²) in [5.41, 5.74) is 11.8. The first-order valence-electron chi connectivity index (χ1n) is 10.6. The van der Waals surface area contributed by atoms with Crippen molar-refractivity contribution in [2.24, 2.45) is 5.73 Å². The second kappa shape index (κ2) is 8.72. The largest absolute Gasteiger partial charge is 0.489 e. The van der Waals surface area contributed by atoms with Gasteiger partial charge in [-0.15, -0.1) is 0 Å². The Bertz CT molecular complexity index is 1220. The number of aryl methyl sites for hydroxylation is 2. The predicted octanol–water partition coefficient (Wildman–Crippen LogP) is 5.66. The van der Waals surface area contributed by atoms with Crippen molar-refractivity contribution in [3.63, 3.8) is 0 Å². The molecule has 0 saturated carbocycles. The zero-order valence-corrected chi connectivity index (χ0v) is 19.2. The van der Waals surface area contributed by atoms with Gasteiger partial charge in [-0.05, 0) is 67.6 Å². The van der Waals surface area contributed by atoms with Crippen LogP contribution in [0.3, 0.4) is 0 Å². The van der Waals surface area contributed by atoms with Gasteiger partial charge in [-0.1, -0.05) is 29.3 Å². The fraction of sp³-hybridized carbons (Fsp3) is 0.308. The van der Waals surface area contributed by atoms with Crippen molar-refractivity contribution in [3.8, 4) is 11.8 Å². The summed E-state index contributed by atoms with van der Waals surface area (Å²) in [7, 11) is 0. The number of nitrogens with zero attached hydrogens (tertiary/aromatic N) is 1. The van der Waals surface area contributed by atoms with E-state index in [9.17, 15) is 10.1 Å². The summed E-state index contributed by atoms with van der Waals surface area (Å²) >= 11 is 6.06. The Balaban J connectivity index is 1.77. The molecule has 0 aromatic heterocycles. The number of hydrogen-bond acceptors (Lipinski definition) is 5. The molecule has 0 unspecified atom stereocenters. The van der Waals surface area contributed by atoms with Gasteiger partial charge in [0, 0.05) is 23.4 Å². The quantitative estimate of drug-likeness (QED) is 0.652. The van der Waals surface area contributed by atoms with Gasteiger partial charge >= 0.3 is 0 Å². The van der Waals surface area contributed by atoms with Gasteiger partial charge in [-0.25, -0.2) is 0 Å². The minimum atomic E-state index is -0.521. The number of hydrogen-bond donors (Lipinski definition) is 1. The van der Waals surface area contributed by atoms with Crippen molar-refractivity contribution >= 4 is 17.4 Å². The van der Waals surface area contributed by atoms with Crippen LogP contribution in [-0.4, -0.2) is 5.78 Å². The summed E-state index contributed by atoms with van der Waals surface area (Å²) in [4.78, 5) is 12.9. The average Bonchev–Trinajstić information content (AvgIpc) is 2.74. The molecule has 0 spiro atoms. The minimum absolute atomic E-state index is 0.0204. The first kappa shape index (κ1) is 22.0. The Hall–Kier alpha value is -3.23. The Morgan fingerprint density at radius 2 is 2.00 bits per heavy atom. The van der Waals surface area contributed by atoms with E-state index in [1.54, 1.807) is 6.07 Å². The van der Waals surface area contributed by atoms with Gasteiger partial charge in [0.05, 0.1) is 5.92 Å². The summed E-state index contributed by atoms with van der Waals surface area (Å²) in [6, 6.07) is 11.8. The molecule has 0 bridgehead atoms. The molecule has 0 amide bonds. The number of ether oxygens (including phenoxy) is 2. The van der Waals surface area contributed by atoms with E-state index in [4.69, 9.17) is 26.8 Å². The van der Waals surface area contributed by atoms with E-state index < -0.39 is 5.92 Å². The first-order valence-corrected chi connectivity index (χ1v) is 11.0. The van der Waals surface area contributed by atoms with Crippen molar-refractivity contribution < 1.29 is 14.3 Å². The fourth-order valence-corrected chi connectivity index (χ4v) is 4.74. The molecule has 1 atom stereocenters. The van der Waals surface area contributed by atoms with Crippen molar-refractivity contribution in [3.05, 3.63) is 86.0 Å². The molecular weight excluding hydrogens is 424 g/mol. The molecule has 0 saturated heterocycles. The maximum absolute atomic E-state index is 12.9. The van der Waals surface area contributed by atoms with Crippen molar-refractivity contribution in [2.45, 2.75) is 52.6 Å². The number of halogens is 1. The van der Waals surface area contributed by atoms with Gasteiger partial charge in [-0.2, -0.15) is 5.26 Å². The molecule has 0 fully saturated rings. The molecule has 5 nitrogen and oxygen atoms in total. The van der Waals surface area contributed by atoms with E-state index >= 15 is 0 Å². The highest BCUT2D eigenvalue weighted by atomic mass is 35.5. The van der Waals surface area contributed by atoms with Crippen LogP contribution in [0.2, 0.25) is 5.02 Å². The molecule has 4 rings (SSSR count). The molecule has 6 heteroatoms. The number of carbonyl (C=O) groups excluding carboxylic acids is 1. The second-order valence-corrected chi connectivity index (χ2v) is 8.81. The van der Waals surface area contributed by atoms with Gasteiger partial charge in [-0.3, -0.25) is 4.79 Å². The van der Waals surface area contributed by atoms with Gasteiger partial charge in [0.25, 0.3) is 0 Å². The monoisotopic (exact) mass is 448 g/mol. The fourth-order valence-electron chi connectivity index (χ4n) is 4.51. The normalized spacial score (nSPS) is 18.2. The van der Waals surface area contributed by atoms with Crippen LogP contribution in [0, 0.1) is 32.1 Å².